The number of aromatic nitrogens is 1. The van der Waals surface area contributed by atoms with Gasteiger partial charge in [0.1, 0.15) is 0 Å². The first kappa shape index (κ1) is 18.1. The summed E-state index contributed by atoms with van der Waals surface area (Å²) in [7, 11) is -1.11. The molecule has 4 N–H and O–H groups in total. The second-order valence-corrected chi connectivity index (χ2v) is 5.31. The lowest BCUT2D eigenvalue weighted by molar-refractivity contribution is -0.137. The van der Waals surface area contributed by atoms with E-state index >= 15 is 0 Å². The van der Waals surface area contributed by atoms with Gasteiger partial charge in [-0.15, -0.1) is 0 Å². The quantitative estimate of drug-likeness (QED) is 0.553. The molecular formula is C15H17BF3N3O2. The molecule has 0 fully saturated rings. The van der Waals surface area contributed by atoms with E-state index in [1.54, 1.807) is 19.1 Å². The number of nitrogens with two attached hydrogens (primary N) is 1. The van der Waals surface area contributed by atoms with Crippen LogP contribution < -0.4 is 16.5 Å². The van der Waals surface area contributed by atoms with E-state index in [0.717, 1.165) is 12.1 Å². The number of alkyl halides is 3. The molecule has 2 rings (SSSR count). The van der Waals surface area contributed by atoms with Crippen molar-refractivity contribution in [3.63, 3.8) is 0 Å². The van der Waals surface area contributed by atoms with Gasteiger partial charge < -0.3 is 20.7 Å². The third-order valence-corrected chi connectivity index (χ3v) is 3.28. The normalized spacial score (nSPS) is 12.7. The number of pyridine rings is 1. The number of hydrogen-bond acceptors (Lipinski definition) is 5. The molecule has 0 bridgehead atoms. The molecule has 0 amide bonds. The lowest BCUT2D eigenvalue weighted by Crippen LogP contribution is -2.37. The van der Waals surface area contributed by atoms with Gasteiger partial charge in [-0.05, 0) is 42.7 Å². The summed E-state index contributed by atoms with van der Waals surface area (Å²) < 4.78 is 43.1. The van der Waals surface area contributed by atoms with E-state index in [9.17, 15) is 18.2 Å². The van der Waals surface area contributed by atoms with Gasteiger partial charge in [-0.2, -0.15) is 13.2 Å². The topological polar surface area (TPSA) is 80.4 Å². The van der Waals surface area contributed by atoms with Gasteiger partial charge in [0, 0.05) is 18.4 Å². The minimum Gasteiger partial charge on any atom is -0.423 e. The number of anilines is 2. The van der Waals surface area contributed by atoms with Gasteiger partial charge in [0.25, 0.3) is 0 Å². The van der Waals surface area contributed by atoms with Crippen molar-refractivity contribution < 1.29 is 22.8 Å². The Morgan fingerprint density at radius 2 is 1.96 bits per heavy atom. The highest BCUT2D eigenvalue weighted by Gasteiger charge is 2.30. The number of benzene rings is 1. The molecule has 9 heteroatoms. The maximum Gasteiger partial charge on any atom is 0.491 e. The average Bonchev–Trinajstić information content (AvgIpc) is 2.54. The summed E-state index contributed by atoms with van der Waals surface area (Å²) in [6.07, 6.45) is -1.37. The van der Waals surface area contributed by atoms with Crippen molar-refractivity contribution in [2.45, 2.75) is 19.1 Å². The van der Waals surface area contributed by atoms with E-state index in [4.69, 9.17) is 10.4 Å². The standard InChI is InChI=1S/C15H17BF3N3O2/c1-10(9-24-16(23)12-4-6-21-7-5-12)22-14-3-2-11(8-13(14)20)15(17,18)19/h2-8,10,22-23H,9,20H2,1H3. The molecule has 1 aromatic carbocycles. The molecular weight excluding hydrogens is 322 g/mol. The molecule has 24 heavy (non-hydrogen) atoms. The number of hydrogen-bond donors (Lipinski definition) is 3. The molecule has 128 valence electrons. The van der Waals surface area contributed by atoms with Gasteiger partial charge in [-0.3, -0.25) is 4.98 Å². The second kappa shape index (κ2) is 7.54. The van der Waals surface area contributed by atoms with E-state index < -0.39 is 18.9 Å². The van der Waals surface area contributed by atoms with Crippen LogP contribution in [-0.4, -0.2) is 29.8 Å². The van der Waals surface area contributed by atoms with Crippen molar-refractivity contribution in [3.8, 4) is 0 Å². The van der Waals surface area contributed by atoms with Crippen LogP contribution in [0.1, 0.15) is 12.5 Å². The van der Waals surface area contributed by atoms with E-state index in [0.29, 0.717) is 11.2 Å². The Balaban J connectivity index is 1.92. The molecule has 1 atom stereocenters. The zero-order valence-corrected chi connectivity index (χ0v) is 12.9. The van der Waals surface area contributed by atoms with Gasteiger partial charge in [0.2, 0.25) is 0 Å². The molecule has 2 aromatic rings. The summed E-state index contributed by atoms with van der Waals surface area (Å²) in [4.78, 5) is 3.84. The number of nitrogens with one attached hydrogen (secondary N) is 1. The van der Waals surface area contributed by atoms with Crippen molar-refractivity contribution in [1.29, 1.82) is 0 Å². The summed E-state index contributed by atoms with van der Waals surface area (Å²) in [6, 6.07) is 6.07. The SMILES string of the molecule is CC(COB(O)c1ccncc1)Nc1ccc(C(F)(F)F)cc1N. The van der Waals surface area contributed by atoms with Gasteiger partial charge in [0.05, 0.1) is 23.5 Å². The Labute approximate surface area is 137 Å². The fourth-order valence-corrected chi connectivity index (χ4v) is 2.04. The molecule has 0 radical (unpaired) electrons. The van der Waals surface area contributed by atoms with Crippen LogP contribution in [0.5, 0.6) is 0 Å². The third-order valence-electron chi connectivity index (χ3n) is 3.28. The molecule has 5 nitrogen and oxygen atoms in total. The monoisotopic (exact) mass is 339 g/mol. The predicted octanol–water partition coefficient (Wildman–Crippen LogP) is 1.89. The maximum absolute atomic E-state index is 12.6. The van der Waals surface area contributed by atoms with Crippen LogP contribution in [0, 0.1) is 0 Å². The first-order valence-electron chi connectivity index (χ1n) is 7.20. The van der Waals surface area contributed by atoms with Crippen LogP contribution >= 0.6 is 0 Å². The summed E-state index contributed by atoms with van der Waals surface area (Å²) in [5, 5.41) is 12.8. The fourth-order valence-electron chi connectivity index (χ4n) is 2.04. The van der Waals surface area contributed by atoms with Gasteiger partial charge >= 0.3 is 13.3 Å². The second-order valence-electron chi connectivity index (χ2n) is 5.31. The first-order chi connectivity index (χ1) is 11.3. The number of rotatable bonds is 6. The van der Waals surface area contributed by atoms with E-state index in [1.807, 2.05) is 0 Å². The Kier molecular flexibility index (Phi) is 5.69. The average molecular weight is 339 g/mol. The first-order valence-corrected chi connectivity index (χ1v) is 7.20. The third kappa shape index (κ3) is 4.87. The molecule has 0 saturated carbocycles. The van der Waals surface area contributed by atoms with Crippen molar-refractivity contribution >= 4 is 24.0 Å². The van der Waals surface area contributed by atoms with E-state index in [1.165, 1.54) is 18.5 Å². The van der Waals surface area contributed by atoms with Gasteiger partial charge in [0.15, 0.2) is 0 Å². The summed E-state index contributed by atoms with van der Waals surface area (Å²) in [5.74, 6) is 0. The fraction of sp³-hybridized carbons (Fsp3) is 0.267. The molecule has 0 aliphatic heterocycles. The van der Waals surface area contributed by atoms with Crippen molar-refractivity contribution in [2.24, 2.45) is 0 Å². The van der Waals surface area contributed by atoms with Crippen LogP contribution in [0.25, 0.3) is 0 Å². The van der Waals surface area contributed by atoms with Crippen LogP contribution in [0.2, 0.25) is 0 Å². The van der Waals surface area contributed by atoms with Gasteiger partial charge in [-0.25, -0.2) is 0 Å². The number of nitrogen functional groups attached to an aromatic ring is 1. The highest BCUT2D eigenvalue weighted by atomic mass is 19.4. The zero-order chi connectivity index (χ0) is 17.7. The molecule has 0 aliphatic carbocycles. The highest BCUT2D eigenvalue weighted by Crippen LogP contribution is 2.32. The summed E-state index contributed by atoms with van der Waals surface area (Å²) >= 11 is 0. The van der Waals surface area contributed by atoms with Crippen molar-refractivity contribution in [3.05, 3.63) is 48.3 Å². The molecule has 0 spiro atoms. The Morgan fingerprint density at radius 3 is 2.54 bits per heavy atom. The largest absolute Gasteiger partial charge is 0.491 e. The summed E-state index contributed by atoms with van der Waals surface area (Å²) in [6.45, 7) is 1.89. The molecule has 0 saturated heterocycles. The van der Waals surface area contributed by atoms with Crippen LogP contribution in [0.3, 0.4) is 0 Å². The Hall–Kier alpha value is -2.26. The molecule has 1 heterocycles. The molecule has 0 aliphatic rings. The number of halogens is 3. The molecule has 1 unspecified atom stereocenters. The minimum atomic E-state index is -4.43. The van der Waals surface area contributed by atoms with Crippen LogP contribution in [0.15, 0.2) is 42.7 Å². The Bertz CT molecular complexity index is 671. The smallest absolute Gasteiger partial charge is 0.423 e. The maximum atomic E-state index is 12.6. The minimum absolute atomic E-state index is 0.00800. The van der Waals surface area contributed by atoms with Crippen molar-refractivity contribution in [2.75, 3.05) is 17.7 Å². The number of nitrogens with zero attached hydrogens (tertiary/aromatic N) is 1. The van der Waals surface area contributed by atoms with Crippen LogP contribution in [0.4, 0.5) is 24.5 Å². The molecule has 1 aromatic heterocycles. The lowest BCUT2D eigenvalue weighted by atomic mass is 9.80. The van der Waals surface area contributed by atoms with Crippen LogP contribution in [-0.2, 0) is 10.8 Å². The lowest BCUT2D eigenvalue weighted by Gasteiger charge is -2.19. The van der Waals surface area contributed by atoms with Gasteiger partial charge in [-0.1, -0.05) is 0 Å². The van der Waals surface area contributed by atoms with E-state index in [2.05, 4.69) is 10.3 Å². The summed E-state index contributed by atoms with van der Waals surface area (Å²) in [5.41, 5.74) is 5.78. The highest BCUT2D eigenvalue weighted by molar-refractivity contribution is 6.59. The predicted molar refractivity (Wildman–Crippen MR) is 86.7 cm³/mol. The zero-order valence-electron chi connectivity index (χ0n) is 12.9. The Morgan fingerprint density at radius 1 is 1.29 bits per heavy atom. The van der Waals surface area contributed by atoms with E-state index in [-0.39, 0.29) is 18.3 Å². The van der Waals surface area contributed by atoms with Crippen molar-refractivity contribution in [1.82, 2.24) is 4.98 Å².